The van der Waals surface area contributed by atoms with Crippen LogP contribution in [0.5, 0.6) is 0 Å². The third-order valence-electron chi connectivity index (χ3n) is 1.94. The van der Waals surface area contributed by atoms with Crippen molar-refractivity contribution in [3.05, 3.63) is 23.8 Å². The SMILES string of the molecule is Cc1cc(CC(C)Cl)n2ncnc2n1. The number of halogens is 1. The molecule has 0 saturated carbocycles. The molecule has 0 N–H and O–H groups in total. The van der Waals surface area contributed by atoms with Crippen molar-refractivity contribution in [3.8, 4) is 0 Å². The van der Waals surface area contributed by atoms with Gasteiger partial charge in [-0.3, -0.25) is 0 Å². The summed E-state index contributed by atoms with van der Waals surface area (Å²) in [7, 11) is 0. The second-order valence-corrected chi connectivity index (χ2v) is 4.09. The minimum absolute atomic E-state index is 0.0872. The largest absolute Gasteiger partial charge is 0.252 e. The lowest BCUT2D eigenvalue weighted by atomic mass is 10.2. The molecule has 0 fully saturated rings. The maximum atomic E-state index is 5.95. The molecule has 0 saturated heterocycles. The van der Waals surface area contributed by atoms with Gasteiger partial charge in [0.25, 0.3) is 5.78 Å². The van der Waals surface area contributed by atoms with Gasteiger partial charge in [0.1, 0.15) is 6.33 Å². The highest BCUT2D eigenvalue weighted by Gasteiger charge is 2.07. The van der Waals surface area contributed by atoms with Crippen molar-refractivity contribution in [3.63, 3.8) is 0 Å². The van der Waals surface area contributed by atoms with Gasteiger partial charge in [-0.2, -0.15) is 10.1 Å². The number of rotatable bonds is 2. The molecule has 0 amide bonds. The summed E-state index contributed by atoms with van der Waals surface area (Å²) in [5, 5.41) is 4.18. The third-order valence-corrected chi connectivity index (χ3v) is 2.10. The summed E-state index contributed by atoms with van der Waals surface area (Å²) in [6.45, 7) is 3.90. The number of alkyl halides is 1. The Hall–Kier alpha value is -1.16. The first-order chi connectivity index (χ1) is 6.66. The predicted octanol–water partition coefficient (Wildman–Crippen LogP) is 1.60. The highest BCUT2D eigenvalue weighted by Crippen LogP contribution is 2.09. The molecule has 5 heteroatoms. The summed E-state index contributed by atoms with van der Waals surface area (Å²) in [5.74, 6) is 0.636. The maximum absolute atomic E-state index is 5.95. The van der Waals surface area contributed by atoms with Crippen LogP contribution in [0.1, 0.15) is 18.3 Å². The second-order valence-electron chi connectivity index (χ2n) is 3.35. The molecule has 0 aliphatic heterocycles. The molecule has 4 nitrogen and oxygen atoms in total. The van der Waals surface area contributed by atoms with Crippen LogP contribution in [0.3, 0.4) is 0 Å². The number of hydrogen-bond donors (Lipinski definition) is 0. The highest BCUT2D eigenvalue weighted by atomic mass is 35.5. The van der Waals surface area contributed by atoms with Gasteiger partial charge in [0.05, 0.1) is 0 Å². The third kappa shape index (κ3) is 1.70. The zero-order chi connectivity index (χ0) is 10.1. The maximum Gasteiger partial charge on any atom is 0.252 e. The van der Waals surface area contributed by atoms with Crippen LogP contribution in [-0.4, -0.2) is 25.0 Å². The number of aryl methyl sites for hydroxylation is 1. The van der Waals surface area contributed by atoms with E-state index in [-0.39, 0.29) is 5.38 Å². The van der Waals surface area contributed by atoms with E-state index in [2.05, 4.69) is 15.1 Å². The Morgan fingerprint density at radius 1 is 1.57 bits per heavy atom. The molecule has 2 rings (SSSR count). The van der Waals surface area contributed by atoms with Gasteiger partial charge in [-0.25, -0.2) is 9.50 Å². The average molecular weight is 211 g/mol. The van der Waals surface area contributed by atoms with Gasteiger partial charge in [0.15, 0.2) is 0 Å². The molecular formula is C9H11ClN4. The van der Waals surface area contributed by atoms with Crippen LogP contribution in [-0.2, 0) is 6.42 Å². The minimum Gasteiger partial charge on any atom is -0.216 e. The van der Waals surface area contributed by atoms with Gasteiger partial charge in [-0.15, -0.1) is 11.6 Å². The molecular weight excluding hydrogens is 200 g/mol. The van der Waals surface area contributed by atoms with E-state index in [1.165, 1.54) is 6.33 Å². The second kappa shape index (κ2) is 3.53. The Morgan fingerprint density at radius 3 is 3.07 bits per heavy atom. The summed E-state index contributed by atoms with van der Waals surface area (Å²) < 4.78 is 1.73. The Balaban J connectivity index is 2.55. The van der Waals surface area contributed by atoms with Gasteiger partial charge in [-0.1, -0.05) is 0 Å². The van der Waals surface area contributed by atoms with Crippen molar-refractivity contribution in [1.29, 1.82) is 0 Å². The Kier molecular flexibility index (Phi) is 2.37. The van der Waals surface area contributed by atoms with Crippen molar-refractivity contribution in [2.75, 3.05) is 0 Å². The molecule has 0 radical (unpaired) electrons. The molecule has 2 aromatic heterocycles. The normalized spacial score (nSPS) is 13.4. The zero-order valence-corrected chi connectivity index (χ0v) is 8.86. The molecule has 0 aliphatic carbocycles. The zero-order valence-electron chi connectivity index (χ0n) is 8.11. The van der Waals surface area contributed by atoms with Gasteiger partial charge in [-0.05, 0) is 19.9 Å². The summed E-state index contributed by atoms with van der Waals surface area (Å²) >= 11 is 5.95. The van der Waals surface area contributed by atoms with Crippen molar-refractivity contribution in [2.45, 2.75) is 25.6 Å². The summed E-state index contributed by atoms with van der Waals surface area (Å²) in [5.41, 5.74) is 1.99. The summed E-state index contributed by atoms with van der Waals surface area (Å²) in [6.07, 6.45) is 2.27. The molecule has 0 aliphatic rings. The van der Waals surface area contributed by atoms with E-state index in [4.69, 9.17) is 11.6 Å². The van der Waals surface area contributed by atoms with E-state index >= 15 is 0 Å². The number of aromatic nitrogens is 4. The molecule has 1 atom stereocenters. The lowest BCUT2D eigenvalue weighted by Gasteiger charge is -2.05. The number of hydrogen-bond acceptors (Lipinski definition) is 3. The molecule has 0 aromatic carbocycles. The van der Waals surface area contributed by atoms with Gasteiger partial charge in [0.2, 0.25) is 0 Å². The Bertz CT molecular complexity index is 449. The fourth-order valence-electron chi connectivity index (χ4n) is 1.44. The van der Waals surface area contributed by atoms with Crippen molar-refractivity contribution >= 4 is 17.4 Å². The van der Waals surface area contributed by atoms with Crippen LogP contribution < -0.4 is 0 Å². The lowest BCUT2D eigenvalue weighted by Crippen LogP contribution is -2.07. The first kappa shape index (κ1) is 9.40. The van der Waals surface area contributed by atoms with E-state index in [0.717, 1.165) is 17.8 Å². The predicted molar refractivity (Wildman–Crippen MR) is 54.5 cm³/mol. The summed E-state index contributed by atoms with van der Waals surface area (Å²) in [6, 6.07) is 1.99. The van der Waals surface area contributed by atoms with Crippen LogP contribution in [0.15, 0.2) is 12.4 Å². The first-order valence-electron chi connectivity index (χ1n) is 4.47. The van der Waals surface area contributed by atoms with Gasteiger partial charge < -0.3 is 0 Å². The van der Waals surface area contributed by atoms with Crippen LogP contribution >= 0.6 is 11.6 Å². The van der Waals surface area contributed by atoms with E-state index < -0.39 is 0 Å². The van der Waals surface area contributed by atoms with Gasteiger partial charge >= 0.3 is 0 Å². The van der Waals surface area contributed by atoms with Crippen molar-refractivity contribution in [1.82, 2.24) is 19.6 Å². The topological polar surface area (TPSA) is 43.1 Å². The van der Waals surface area contributed by atoms with Crippen LogP contribution in [0.4, 0.5) is 0 Å². The molecule has 2 heterocycles. The van der Waals surface area contributed by atoms with Gasteiger partial charge in [0, 0.05) is 23.2 Å². The van der Waals surface area contributed by atoms with Crippen LogP contribution in [0.25, 0.3) is 5.78 Å². The molecule has 0 bridgehead atoms. The lowest BCUT2D eigenvalue weighted by molar-refractivity contribution is 0.795. The highest BCUT2D eigenvalue weighted by molar-refractivity contribution is 6.20. The van der Waals surface area contributed by atoms with E-state index in [9.17, 15) is 0 Å². The fourth-order valence-corrected chi connectivity index (χ4v) is 1.60. The molecule has 14 heavy (non-hydrogen) atoms. The minimum atomic E-state index is 0.0872. The number of nitrogens with zero attached hydrogens (tertiary/aromatic N) is 4. The molecule has 2 aromatic rings. The Morgan fingerprint density at radius 2 is 2.36 bits per heavy atom. The number of fused-ring (bicyclic) bond motifs is 1. The molecule has 1 unspecified atom stereocenters. The van der Waals surface area contributed by atoms with E-state index in [1.54, 1.807) is 4.52 Å². The van der Waals surface area contributed by atoms with Crippen LogP contribution in [0.2, 0.25) is 0 Å². The Labute approximate surface area is 86.9 Å². The molecule has 0 spiro atoms. The van der Waals surface area contributed by atoms with Crippen molar-refractivity contribution in [2.24, 2.45) is 0 Å². The quantitative estimate of drug-likeness (QED) is 0.708. The first-order valence-corrected chi connectivity index (χ1v) is 4.91. The monoisotopic (exact) mass is 210 g/mol. The fraction of sp³-hybridized carbons (Fsp3) is 0.444. The van der Waals surface area contributed by atoms with Crippen LogP contribution in [0, 0.1) is 6.92 Å². The molecule has 74 valence electrons. The standard InChI is InChI=1S/C9H11ClN4/c1-6(10)3-8-4-7(2)13-9-11-5-12-14(8)9/h4-6H,3H2,1-2H3. The smallest absolute Gasteiger partial charge is 0.216 e. The average Bonchev–Trinajstić information content (AvgIpc) is 2.50. The van der Waals surface area contributed by atoms with Crippen molar-refractivity contribution < 1.29 is 0 Å². The van der Waals surface area contributed by atoms with E-state index in [1.807, 2.05) is 19.9 Å². The summed E-state index contributed by atoms with van der Waals surface area (Å²) in [4.78, 5) is 8.30. The van der Waals surface area contributed by atoms with E-state index in [0.29, 0.717) is 5.78 Å².